The van der Waals surface area contributed by atoms with Gasteiger partial charge in [0.1, 0.15) is 18.1 Å². The predicted octanol–water partition coefficient (Wildman–Crippen LogP) is -2.25. The van der Waals surface area contributed by atoms with Gasteiger partial charge in [-0.15, -0.1) is 0 Å². The molecule has 4 unspecified atom stereocenters. The van der Waals surface area contributed by atoms with Gasteiger partial charge in [0.25, 0.3) is 0 Å². The number of aliphatic hydroxyl groups excluding tert-OH is 1. The minimum absolute atomic E-state index is 0.0402. The van der Waals surface area contributed by atoms with E-state index < -0.39 is 54.5 Å². The number of aliphatic carboxylic acids is 1. The Balaban J connectivity index is 2.28. The van der Waals surface area contributed by atoms with E-state index in [4.69, 9.17) is 22.9 Å². The third-order valence-corrected chi connectivity index (χ3v) is 6.41. The molecule has 0 aliphatic rings. The van der Waals surface area contributed by atoms with Crippen molar-refractivity contribution in [1.82, 2.24) is 20.9 Å². The summed E-state index contributed by atoms with van der Waals surface area (Å²) < 4.78 is 0. The zero-order valence-corrected chi connectivity index (χ0v) is 22.8. The first kappa shape index (κ1) is 33.0. The molecule has 41 heavy (non-hydrogen) atoms. The van der Waals surface area contributed by atoms with Crippen molar-refractivity contribution in [3.05, 3.63) is 36.0 Å². The van der Waals surface area contributed by atoms with Crippen LogP contribution >= 0.6 is 0 Å². The van der Waals surface area contributed by atoms with Crippen LogP contribution in [-0.2, 0) is 25.6 Å². The van der Waals surface area contributed by atoms with Crippen LogP contribution in [-0.4, -0.2) is 88.7 Å². The lowest BCUT2D eigenvalue weighted by Crippen LogP contribution is -2.58. The fourth-order valence-electron chi connectivity index (χ4n) is 4.15. The van der Waals surface area contributed by atoms with Gasteiger partial charge in [0.2, 0.25) is 17.7 Å². The molecule has 2 rings (SSSR count). The number of rotatable bonds is 18. The van der Waals surface area contributed by atoms with E-state index in [-0.39, 0.29) is 31.8 Å². The van der Waals surface area contributed by atoms with E-state index in [0.29, 0.717) is 25.8 Å². The Hall–Kier alpha value is -4.21. The number of aliphatic hydroxyl groups is 1. The molecule has 1 heterocycles. The first-order chi connectivity index (χ1) is 19.6. The molecule has 3 amide bonds. The molecule has 4 atom stereocenters. The van der Waals surface area contributed by atoms with E-state index in [0.717, 1.165) is 16.5 Å². The minimum atomic E-state index is -1.58. The van der Waals surface area contributed by atoms with Crippen LogP contribution in [0.15, 0.2) is 35.5 Å². The lowest BCUT2D eigenvalue weighted by molar-refractivity contribution is -0.143. The van der Waals surface area contributed by atoms with Crippen LogP contribution in [0.3, 0.4) is 0 Å². The summed E-state index contributed by atoms with van der Waals surface area (Å²) in [5, 5.41) is 26.9. The monoisotopic (exact) mass is 575 g/mol. The molecule has 0 saturated heterocycles. The standard InChI is InChI=1S/C26H41N9O6/c27-10-4-3-7-17(28)22(37)34-20(12-15-13-32-18-8-2-1-6-16(15)18)24(39)33-19(9-5-11-31-26(29)30)23(38)35-21(14-36)25(40)41/h1-2,6,8,13,17,19-21,32,36H,3-5,7,9-12,14,27-28H2,(H,33,39)(H,34,37)(H,35,38)(H,40,41)(H4,29,30,31). The normalized spacial score (nSPS) is 13.9. The number of aromatic amines is 1. The first-order valence-corrected chi connectivity index (χ1v) is 13.4. The fourth-order valence-corrected chi connectivity index (χ4v) is 4.15. The number of benzene rings is 1. The molecule has 0 aliphatic carbocycles. The summed E-state index contributed by atoms with van der Waals surface area (Å²) in [4.78, 5) is 57.8. The van der Waals surface area contributed by atoms with Crippen molar-refractivity contribution in [3.63, 3.8) is 0 Å². The Morgan fingerprint density at radius 1 is 0.902 bits per heavy atom. The molecule has 0 radical (unpaired) electrons. The topological polar surface area (TPSA) is 277 Å². The number of guanidine groups is 1. The highest BCUT2D eigenvalue weighted by Gasteiger charge is 2.30. The number of hydrogen-bond acceptors (Lipinski definition) is 8. The van der Waals surface area contributed by atoms with E-state index in [1.54, 1.807) is 6.20 Å². The predicted molar refractivity (Wildman–Crippen MR) is 153 cm³/mol. The molecule has 2 aromatic rings. The summed E-state index contributed by atoms with van der Waals surface area (Å²) in [5.74, 6) is -3.65. The highest BCUT2D eigenvalue weighted by Crippen LogP contribution is 2.19. The number of para-hydroxylation sites is 1. The zero-order valence-electron chi connectivity index (χ0n) is 22.8. The molecular weight excluding hydrogens is 534 g/mol. The van der Waals surface area contributed by atoms with E-state index in [1.165, 1.54) is 0 Å². The number of carbonyl (C=O) groups excluding carboxylic acids is 3. The number of carboxylic acids is 1. The van der Waals surface area contributed by atoms with Crippen molar-refractivity contribution in [3.8, 4) is 0 Å². The molecular formula is C26H41N9O6. The number of fused-ring (bicyclic) bond motifs is 1. The number of hydrogen-bond donors (Lipinski definition) is 10. The van der Waals surface area contributed by atoms with Crippen LogP contribution in [0.25, 0.3) is 10.9 Å². The third-order valence-electron chi connectivity index (χ3n) is 6.41. The van der Waals surface area contributed by atoms with E-state index in [1.807, 2.05) is 24.3 Å². The second kappa shape index (κ2) is 16.8. The van der Waals surface area contributed by atoms with Crippen molar-refractivity contribution in [2.75, 3.05) is 19.7 Å². The largest absolute Gasteiger partial charge is 0.480 e. The fraction of sp³-hybridized carbons (Fsp3) is 0.500. The average molecular weight is 576 g/mol. The smallest absolute Gasteiger partial charge is 0.328 e. The number of nitrogens with two attached hydrogens (primary N) is 4. The van der Waals surface area contributed by atoms with Gasteiger partial charge in [-0.25, -0.2) is 4.79 Å². The number of carbonyl (C=O) groups is 4. The molecule has 226 valence electrons. The van der Waals surface area contributed by atoms with Crippen LogP contribution in [0.4, 0.5) is 0 Å². The number of carboxylic acid groups (broad SMARTS) is 1. The van der Waals surface area contributed by atoms with Crippen molar-refractivity contribution in [1.29, 1.82) is 0 Å². The lowest BCUT2D eigenvalue weighted by Gasteiger charge is -2.25. The van der Waals surface area contributed by atoms with Gasteiger partial charge < -0.3 is 54.1 Å². The van der Waals surface area contributed by atoms with Crippen molar-refractivity contribution >= 4 is 40.6 Å². The molecule has 1 aromatic heterocycles. The van der Waals surface area contributed by atoms with E-state index in [9.17, 15) is 29.4 Å². The van der Waals surface area contributed by atoms with Crippen molar-refractivity contribution in [2.45, 2.75) is 62.7 Å². The quantitative estimate of drug-likeness (QED) is 0.0518. The summed E-state index contributed by atoms with van der Waals surface area (Å²) in [5.41, 5.74) is 23.9. The van der Waals surface area contributed by atoms with E-state index in [2.05, 4.69) is 25.9 Å². The molecule has 0 saturated carbocycles. The van der Waals surface area contributed by atoms with Crippen molar-refractivity contribution in [2.24, 2.45) is 27.9 Å². The molecule has 0 fully saturated rings. The van der Waals surface area contributed by atoms with Crippen LogP contribution in [0, 0.1) is 0 Å². The summed E-state index contributed by atoms with van der Waals surface area (Å²) in [6, 6.07) is 2.66. The number of unbranched alkanes of at least 4 members (excludes halogenated alkanes) is 1. The van der Waals surface area contributed by atoms with Gasteiger partial charge in [0.05, 0.1) is 12.6 Å². The molecule has 1 aromatic carbocycles. The maximum absolute atomic E-state index is 13.6. The summed E-state index contributed by atoms with van der Waals surface area (Å²) in [6.07, 6.45) is 3.82. The van der Waals surface area contributed by atoms with Gasteiger partial charge >= 0.3 is 5.97 Å². The Labute approximate surface area is 237 Å². The summed E-state index contributed by atoms with van der Waals surface area (Å²) in [7, 11) is 0. The van der Waals surface area contributed by atoms with Crippen LogP contribution in [0.5, 0.6) is 0 Å². The molecule has 15 heteroatoms. The Morgan fingerprint density at radius 3 is 2.22 bits per heavy atom. The van der Waals surface area contributed by atoms with Crippen LogP contribution < -0.4 is 38.9 Å². The van der Waals surface area contributed by atoms with Gasteiger partial charge in [-0.05, 0) is 43.9 Å². The second-order valence-corrected chi connectivity index (χ2v) is 9.61. The third kappa shape index (κ3) is 10.7. The highest BCUT2D eigenvalue weighted by molar-refractivity contribution is 5.95. The number of nitrogens with one attached hydrogen (secondary N) is 4. The SMILES string of the molecule is NCCCCC(N)C(=O)NC(Cc1c[nH]c2ccccc12)C(=O)NC(CCCN=C(N)N)C(=O)NC(CO)C(=O)O. The number of amides is 3. The number of H-pyrrole nitrogens is 1. The molecule has 14 N–H and O–H groups in total. The summed E-state index contributed by atoms with van der Waals surface area (Å²) >= 11 is 0. The molecule has 0 bridgehead atoms. The number of nitrogens with zero attached hydrogens (tertiary/aromatic N) is 1. The number of aliphatic imine (C=N–C) groups is 1. The van der Waals surface area contributed by atoms with Gasteiger partial charge in [-0.2, -0.15) is 0 Å². The average Bonchev–Trinajstić information content (AvgIpc) is 3.35. The second-order valence-electron chi connectivity index (χ2n) is 9.61. The molecule has 0 spiro atoms. The van der Waals surface area contributed by atoms with Gasteiger partial charge in [0, 0.05) is 30.1 Å². The summed E-state index contributed by atoms with van der Waals surface area (Å²) in [6.45, 7) is -0.236. The van der Waals surface area contributed by atoms with Crippen LogP contribution in [0.1, 0.15) is 37.7 Å². The lowest BCUT2D eigenvalue weighted by atomic mass is 10.0. The van der Waals surface area contributed by atoms with Gasteiger partial charge in [-0.1, -0.05) is 24.6 Å². The highest BCUT2D eigenvalue weighted by atomic mass is 16.4. The zero-order chi connectivity index (χ0) is 30.4. The maximum atomic E-state index is 13.6. The Morgan fingerprint density at radius 2 is 1.56 bits per heavy atom. The molecule has 15 nitrogen and oxygen atoms in total. The van der Waals surface area contributed by atoms with Gasteiger partial charge in [-0.3, -0.25) is 19.4 Å². The Kier molecular flexibility index (Phi) is 13.5. The minimum Gasteiger partial charge on any atom is -0.480 e. The van der Waals surface area contributed by atoms with Crippen LogP contribution in [0.2, 0.25) is 0 Å². The number of aromatic nitrogens is 1. The maximum Gasteiger partial charge on any atom is 0.328 e. The Bertz CT molecular complexity index is 1200. The van der Waals surface area contributed by atoms with Crippen molar-refractivity contribution < 1.29 is 29.4 Å². The molecule has 0 aliphatic heterocycles. The van der Waals surface area contributed by atoms with E-state index >= 15 is 0 Å². The van der Waals surface area contributed by atoms with Gasteiger partial charge in [0.15, 0.2) is 5.96 Å². The first-order valence-electron chi connectivity index (χ1n) is 13.4.